The molecule has 1 heterocycles. The zero-order chi connectivity index (χ0) is 18.9. The fourth-order valence-corrected chi connectivity index (χ4v) is 2.31. The van der Waals surface area contributed by atoms with Gasteiger partial charge in [-0.15, -0.1) is 0 Å². The SMILES string of the molecule is O=C(Cc1ccccc1)NCC(=O)OCC(=O)Nc1ncc(Cl)cc1Cl. The van der Waals surface area contributed by atoms with Crippen LogP contribution in [0.4, 0.5) is 5.82 Å². The normalized spacial score (nSPS) is 10.1. The van der Waals surface area contributed by atoms with Gasteiger partial charge in [-0.1, -0.05) is 53.5 Å². The molecule has 0 spiro atoms. The van der Waals surface area contributed by atoms with Crippen molar-refractivity contribution in [1.82, 2.24) is 10.3 Å². The molecule has 0 unspecified atom stereocenters. The van der Waals surface area contributed by atoms with E-state index in [0.29, 0.717) is 5.02 Å². The predicted octanol–water partition coefficient (Wildman–Crippen LogP) is 2.23. The number of hydrogen-bond acceptors (Lipinski definition) is 5. The lowest BCUT2D eigenvalue weighted by molar-refractivity contribution is -0.147. The molecular weight excluding hydrogens is 381 g/mol. The molecule has 2 rings (SSSR count). The summed E-state index contributed by atoms with van der Waals surface area (Å²) in [6.45, 7) is -0.868. The third-order valence-corrected chi connectivity index (χ3v) is 3.56. The van der Waals surface area contributed by atoms with E-state index >= 15 is 0 Å². The molecule has 26 heavy (non-hydrogen) atoms. The number of rotatable bonds is 7. The maximum atomic E-state index is 11.7. The average Bonchev–Trinajstić information content (AvgIpc) is 2.61. The molecule has 0 aliphatic carbocycles. The van der Waals surface area contributed by atoms with Gasteiger partial charge in [0.05, 0.1) is 16.5 Å². The van der Waals surface area contributed by atoms with Gasteiger partial charge in [0.15, 0.2) is 12.4 Å². The summed E-state index contributed by atoms with van der Waals surface area (Å²) in [5.74, 6) is -1.58. The van der Waals surface area contributed by atoms with E-state index in [0.717, 1.165) is 5.56 Å². The second kappa shape index (κ2) is 9.74. The number of anilines is 1. The van der Waals surface area contributed by atoms with Gasteiger partial charge in [0.2, 0.25) is 5.91 Å². The highest BCUT2D eigenvalue weighted by atomic mass is 35.5. The molecule has 2 aromatic rings. The van der Waals surface area contributed by atoms with Crippen LogP contribution in [0.2, 0.25) is 10.0 Å². The Balaban J connectivity index is 1.69. The number of halogens is 2. The Morgan fingerprint density at radius 1 is 1.08 bits per heavy atom. The summed E-state index contributed by atoms with van der Waals surface area (Å²) in [7, 11) is 0. The van der Waals surface area contributed by atoms with E-state index in [4.69, 9.17) is 27.9 Å². The molecule has 0 radical (unpaired) electrons. The van der Waals surface area contributed by atoms with Gasteiger partial charge < -0.3 is 15.4 Å². The van der Waals surface area contributed by atoms with Crippen LogP contribution >= 0.6 is 23.2 Å². The molecule has 0 saturated carbocycles. The summed E-state index contributed by atoms with van der Waals surface area (Å²) < 4.78 is 4.78. The zero-order valence-electron chi connectivity index (χ0n) is 13.5. The number of aromatic nitrogens is 1. The monoisotopic (exact) mass is 395 g/mol. The number of pyridine rings is 1. The third-order valence-electron chi connectivity index (χ3n) is 3.07. The number of benzene rings is 1. The Morgan fingerprint density at radius 3 is 2.50 bits per heavy atom. The fourth-order valence-electron chi connectivity index (χ4n) is 1.89. The van der Waals surface area contributed by atoms with E-state index in [-0.39, 0.29) is 29.7 Å². The minimum atomic E-state index is -0.739. The second-order valence-electron chi connectivity index (χ2n) is 5.13. The molecule has 2 amide bonds. The highest BCUT2D eigenvalue weighted by molar-refractivity contribution is 6.36. The lowest BCUT2D eigenvalue weighted by atomic mass is 10.1. The number of nitrogens with zero attached hydrogens (tertiary/aromatic N) is 1. The number of ether oxygens (including phenoxy) is 1. The van der Waals surface area contributed by atoms with Crippen molar-refractivity contribution in [2.75, 3.05) is 18.5 Å². The van der Waals surface area contributed by atoms with Gasteiger partial charge in [0, 0.05) is 6.20 Å². The van der Waals surface area contributed by atoms with Crippen LogP contribution in [-0.2, 0) is 25.5 Å². The smallest absolute Gasteiger partial charge is 0.325 e. The van der Waals surface area contributed by atoms with Crippen molar-refractivity contribution in [1.29, 1.82) is 0 Å². The second-order valence-corrected chi connectivity index (χ2v) is 5.98. The fraction of sp³-hybridized carbons (Fsp3) is 0.176. The highest BCUT2D eigenvalue weighted by Gasteiger charge is 2.12. The van der Waals surface area contributed by atoms with Crippen molar-refractivity contribution >= 4 is 46.8 Å². The number of hydrogen-bond donors (Lipinski definition) is 2. The highest BCUT2D eigenvalue weighted by Crippen LogP contribution is 2.22. The van der Waals surface area contributed by atoms with Crippen LogP contribution < -0.4 is 10.6 Å². The van der Waals surface area contributed by atoms with E-state index in [9.17, 15) is 14.4 Å². The largest absolute Gasteiger partial charge is 0.454 e. The Kier molecular flexibility index (Phi) is 7.37. The van der Waals surface area contributed by atoms with Crippen molar-refractivity contribution < 1.29 is 19.1 Å². The van der Waals surface area contributed by atoms with E-state index in [1.165, 1.54) is 12.3 Å². The van der Waals surface area contributed by atoms with Crippen LogP contribution in [-0.4, -0.2) is 35.9 Å². The summed E-state index contributed by atoms with van der Waals surface area (Å²) in [6.07, 6.45) is 1.46. The molecule has 0 aliphatic rings. The van der Waals surface area contributed by atoms with Gasteiger partial charge in [-0.3, -0.25) is 14.4 Å². The Bertz CT molecular complexity index is 800. The summed E-state index contributed by atoms with van der Waals surface area (Å²) in [5, 5.41) is 5.29. The Hall–Kier alpha value is -2.64. The van der Waals surface area contributed by atoms with Crippen molar-refractivity contribution in [2.45, 2.75) is 6.42 Å². The van der Waals surface area contributed by atoms with Crippen molar-refractivity contribution in [2.24, 2.45) is 0 Å². The molecule has 1 aromatic carbocycles. The minimum Gasteiger partial charge on any atom is -0.454 e. The topological polar surface area (TPSA) is 97.4 Å². The zero-order valence-corrected chi connectivity index (χ0v) is 15.0. The molecule has 9 heteroatoms. The summed E-state index contributed by atoms with van der Waals surface area (Å²) >= 11 is 11.6. The van der Waals surface area contributed by atoms with Gasteiger partial charge >= 0.3 is 5.97 Å². The Labute approximate surface area is 159 Å². The van der Waals surface area contributed by atoms with Gasteiger partial charge in [-0.2, -0.15) is 0 Å². The number of nitrogens with one attached hydrogen (secondary N) is 2. The van der Waals surface area contributed by atoms with Crippen molar-refractivity contribution in [3.8, 4) is 0 Å². The molecule has 7 nitrogen and oxygen atoms in total. The summed E-state index contributed by atoms with van der Waals surface area (Å²) in [5.41, 5.74) is 0.824. The predicted molar refractivity (Wildman–Crippen MR) is 97.0 cm³/mol. The molecule has 1 aromatic heterocycles. The standard InChI is InChI=1S/C17H15Cl2N3O4/c18-12-7-13(19)17(21-8-12)22-15(24)10-26-16(25)9-20-14(23)6-11-4-2-1-3-5-11/h1-5,7-8H,6,9-10H2,(H,20,23)(H,21,22,24). The van der Waals surface area contributed by atoms with Gasteiger partial charge in [0.25, 0.3) is 5.91 Å². The van der Waals surface area contributed by atoms with Crippen LogP contribution in [0.25, 0.3) is 0 Å². The maximum absolute atomic E-state index is 11.7. The number of esters is 1. The molecule has 0 bridgehead atoms. The van der Waals surface area contributed by atoms with Crippen LogP contribution in [0.3, 0.4) is 0 Å². The van der Waals surface area contributed by atoms with Crippen LogP contribution in [0, 0.1) is 0 Å². The van der Waals surface area contributed by atoms with Crippen LogP contribution in [0.1, 0.15) is 5.56 Å². The lowest BCUT2D eigenvalue weighted by Gasteiger charge is -2.08. The van der Waals surface area contributed by atoms with Crippen molar-refractivity contribution in [3.63, 3.8) is 0 Å². The van der Waals surface area contributed by atoms with Gasteiger partial charge in [-0.05, 0) is 11.6 Å². The van der Waals surface area contributed by atoms with E-state index < -0.39 is 18.5 Å². The number of amides is 2. The average molecular weight is 396 g/mol. The van der Waals surface area contributed by atoms with E-state index in [1.54, 1.807) is 12.1 Å². The summed E-state index contributed by atoms with van der Waals surface area (Å²) in [6, 6.07) is 10.5. The minimum absolute atomic E-state index is 0.105. The number of carbonyl (C=O) groups excluding carboxylic acids is 3. The van der Waals surface area contributed by atoms with Crippen LogP contribution in [0.15, 0.2) is 42.6 Å². The molecule has 0 atom stereocenters. The quantitative estimate of drug-likeness (QED) is 0.700. The molecule has 2 N–H and O–H groups in total. The molecule has 0 fully saturated rings. The van der Waals surface area contributed by atoms with Crippen LogP contribution in [0.5, 0.6) is 0 Å². The lowest BCUT2D eigenvalue weighted by Crippen LogP contribution is -2.33. The van der Waals surface area contributed by atoms with E-state index in [2.05, 4.69) is 15.6 Å². The number of carbonyl (C=O) groups is 3. The van der Waals surface area contributed by atoms with Crippen molar-refractivity contribution in [3.05, 3.63) is 58.2 Å². The first-order valence-electron chi connectivity index (χ1n) is 7.51. The first-order chi connectivity index (χ1) is 12.4. The molecule has 0 aliphatic heterocycles. The molecule has 0 saturated heterocycles. The summed E-state index contributed by atoms with van der Waals surface area (Å²) in [4.78, 5) is 38.9. The first kappa shape index (κ1) is 19.7. The maximum Gasteiger partial charge on any atom is 0.325 e. The third kappa shape index (κ3) is 6.70. The van der Waals surface area contributed by atoms with E-state index in [1.807, 2.05) is 18.2 Å². The molecule has 136 valence electrons. The Morgan fingerprint density at radius 2 is 1.81 bits per heavy atom. The van der Waals surface area contributed by atoms with Gasteiger partial charge in [0.1, 0.15) is 6.54 Å². The first-order valence-corrected chi connectivity index (χ1v) is 8.27. The molecular formula is C17H15Cl2N3O4. The van der Waals surface area contributed by atoms with Gasteiger partial charge in [-0.25, -0.2) is 4.98 Å².